The lowest BCUT2D eigenvalue weighted by Crippen LogP contribution is -2.33. The molecule has 1 N–H and O–H groups in total. The van der Waals surface area contributed by atoms with E-state index < -0.39 is 11.6 Å². The van der Waals surface area contributed by atoms with Gasteiger partial charge in [-0.05, 0) is 43.2 Å². The van der Waals surface area contributed by atoms with Crippen LogP contribution in [-0.4, -0.2) is 28.2 Å². The average molecular weight is 319 g/mol. The summed E-state index contributed by atoms with van der Waals surface area (Å²) < 4.78 is 13.9. The number of carbonyl (C=O) groups excluding carboxylic acids is 2. The van der Waals surface area contributed by atoms with Crippen molar-refractivity contribution in [2.75, 3.05) is 6.54 Å². The number of rotatable bonds is 4. The molecule has 1 saturated carbocycles. The molecule has 5 heteroatoms. The molecule has 1 heterocycles. The molecular weight excluding hydrogens is 297 g/mol. The maximum Gasteiger partial charge on any atom is 0.257 e. The van der Waals surface area contributed by atoms with Crippen LogP contribution in [0.5, 0.6) is 5.75 Å². The molecule has 0 atom stereocenters. The van der Waals surface area contributed by atoms with Gasteiger partial charge >= 0.3 is 0 Å². The molecule has 1 aromatic rings. The molecule has 0 bridgehead atoms. The second-order valence-electron chi connectivity index (χ2n) is 6.66. The van der Waals surface area contributed by atoms with E-state index in [1.807, 2.05) is 6.92 Å². The number of phenols is 1. The van der Waals surface area contributed by atoms with Crippen LogP contribution in [0, 0.1) is 17.7 Å². The second-order valence-corrected chi connectivity index (χ2v) is 6.66. The second kappa shape index (κ2) is 6.30. The quantitative estimate of drug-likeness (QED) is 0.926. The highest BCUT2D eigenvalue weighted by Crippen LogP contribution is 2.34. The topological polar surface area (TPSA) is 57.6 Å². The van der Waals surface area contributed by atoms with E-state index in [2.05, 4.69) is 0 Å². The standard InChI is InChI=1S/C18H22FNO3/c1-2-14(21)12-5-3-11(4-6-12)9-20-10-13-7-8-15(22)17(19)16(13)18(20)23/h7-8,11-12,22H,2-6,9-10H2,1H3. The van der Waals surface area contributed by atoms with Crippen molar-refractivity contribution in [1.29, 1.82) is 0 Å². The molecule has 2 aliphatic rings. The number of benzene rings is 1. The zero-order valence-corrected chi connectivity index (χ0v) is 13.3. The SMILES string of the molecule is CCC(=O)C1CCC(CN2Cc3ccc(O)c(F)c3C2=O)CC1. The summed E-state index contributed by atoms with van der Waals surface area (Å²) in [6, 6.07) is 2.91. The number of halogens is 1. The molecule has 0 radical (unpaired) electrons. The molecule has 124 valence electrons. The van der Waals surface area contributed by atoms with Gasteiger partial charge in [0.2, 0.25) is 0 Å². The van der Waals surface area contributed by atoms with Crippen molar-refractivity contribution in [3.63, 3.8) is 0 Å². The van der Waals surface area contributed by atoms with E-state index in [1.54, 1.807) is 11.0 Å². The fourth-order valence-electron chi connectivity index (χ4n) is 3.82. The van der Waals surface area contributed by atoms with Gasteiger partial charge in [-0.25, -0.2) is 4.39 Å². The van der Waals surface area contributed by atoms with E-state index in [1.165, 1.54) is 6.07 Å². The van der Waals surface area contributed by atoms with Gasteiger partial charge < -0.3 is 10.0 Å². The number of amides is 1. The third kappa shape index (κ3) is 2.96. The van der Waals surface area contributed by atoms with Crippen molar-refractivity contribution in [3.05, 3.63) is 29.1 Å². The Hall–Kier alpha value is -1.91. The Bertz CT molecular complexity index is 635. The molecule has 1 amide bonds. The highest BCUT2D eigenvalue weighted by atomic mass is 19.1. The Morgan fingerprint density at radius 1 is 1.30 bits per heavy atom. The zero-order valence-electron chi connectivity index (χ0n) is 13.3. The van der Waals surface area contributed by atoms with Crippen molar-refractivity contribution in [1.82, 2.24) is 4.90 Å². The van der Waals surface area contributed by atoms with E-state index in [0.29, 0.717) is 36.8 Å². The van der Waals surface area contributed by atoms with Crippen LogP contribution in [0.4, 0.5) is 4.39 Å². The van der Waals surface area contributed by atoms with Crippen LogP contribution in [0.15, 0.2) is 12.1 Å². The molecule has 4 nitrogen and oxygen atoms in total. The Labute approximate surface area is 135 Å². The zero-order chi connectivity index (χ0) is 16.6. The van der Waals surface area contributed by atoms with Gasteiger partial charge in [-0.1, -0.05) is 13.0 Å². The average Bonchev–Trinajstić information content (AvgIpc) is 2.88. The predicted molar refractivity (Wildman–Crippen MR) is 83.6 cm³/mol. The Morgan fingerprint density at radius 3 is 2.65 bits per heavy atom. The van der Waals surface area contributed by atoms with E-state index in [-0.39, 0.29) is 17.4 Å². The van der Waals surface area contributed by atoms with Gasteiger partial charge in [0.15, 0.2) is 11.6 Å². The first-order chi connectivity index (χ1) is 11.0. The van der Waals surface area contributed by atoms with E-state index in [9.17, 15) is 19.1 Å². The maximum absolute atomic E-state index is 13.9. The fourth-order valence-corrected chi connectivity index (χ4v) is 3.82. The van der Waals surface area contributed by atoms with Crippen molar-refractivity contribution in [3.8, 4) is 5.75 Å². The summed E-state index contributed by atoms with van der Waals surface area (Å²) >= 11 is 0. The smallest absolute Gasteiger partial charge is 0.257 e. The van der Waals surface area contributed by atoms with Gasteiger partial charge in [0.25, 0.3) is 5.91 Å². The van der Waals surface area contributed by atoms with Crippen LogP contribution in [0.1, 0.15) is 54.9 Å². The van der Waals surface area contributed by atoms with Crippen molar-refractivity contribution in [2.24, 2.45) is 11.8 Å². The van der Waals surface area contributed by atoms with Crippen LogP contribution in [0.25, 0.3) is 0 Å². The van der Waals surface area contributed by atoms with Gasteiger partial charge in [0.05, 0.1) is 5.56 Å². The summed E-state index contributed by atoms with van der Waals surface area (Å²) in [5.41, 5.74) is 0.653. The van der Waals surface area contributed by atoms with Crippen molar-refractivity contribution in [2.45, 2.75) is 45.6 Å². The summed E-state index contributed by atoms with van der Waals surface area (Å²) in [5.74, 6) is -0.737. The number of ketones is 1. The molecule has 1 fully saturated rings. The summed E-state index contributed by atoms with van der Waals surface area (Å²) in [6.07, 6.45) is 4.25. The monoisotopic (exact) mass is 319 g/mol. The highest BCUT2D eigenvalue weighted by Gasteiger charge is 2.34. The number of fused-ring (bicyclic) bond motifs is 1. The van der Waals surface area contributed by atoms with Gasteiger partial charge in [0.1, 0.15) is 5.78 Å². The van der Waals surface area contributed by atoms with Gasteiger partial charge in [-0.15, -0.1) is 0 Å². The third-order valence-electron chi connectivity index (χ3n) is 5.20. The summed E-state index contributed by atoms with van der Waals surface area (Å²) in [7, 11) is 0. The number of carbonyl (C=O) groups is 2. The lowest BCUT2D eigenvalue weighted by molar-refractivity contribution is -0.123. The number of aromatic hydroxyl groups is 1. The summed E-state index contributed by atoms with van der Waals surface area (Å²) in [5, 5.41) is 9.44. The first kappa shape index (κ1) is 16.0. The number of hydrogen-bond acceptors (Lipinski definition) is 3. The number of Topliss-reactive ketones (excluding diaryl/α,β-unsaturated/α-hetero) is 1. The molecule has 0 aromatic heterocycles. The minimum Gasteiger partial charge on any atom is -0.505 e. The normalized spacial score (nSPS) is 23.9. The summed E-state index contributed by atoms with van der Waals surface area (Å²) in [4.78, 5) is 25.8. The Balaban J connectivity index is 1.62. The molecule has 1 aliphatic carbocycles. The van der Waals surface area contributed by atoms with Gasteiger partial charge in [-0.3, -0.25) is 9.59 Å². The van der Waals surface area contributed by atoms with E-state index in [4.69, 9.17) is 0 Å². The van der Waals surface area contributed by atoms with Crippen LogP contribution in [-0.2, 0) is 11.3 Å². The molecular formula is C18H22FNO3. The van der Waals surface area contributed by atoms with Crippen molar-refractivity contribution < 1.29 is 19.1 Å². The minimum atomic E-state index is -0.813. The number of nitrogens with zero attached hydrogens (tertiary/aromatic N) is 1. The molecule has 1 aliphatic heterocycles. The molecule has 3 rings (SSSR count). The summed E-state index contributed by atoms with van der Waals surface area (Å²) in [6.45, 7) is 2.90. The Morgan fingerprint density at radius 2 is 2.00 bits per heavy atom. The van der Waals surface area contributed by atoms with Crippen LogP contribution >= 0.6 is 0 Å². The van der Waals surface area contributed by atoms with Crippen LogP contribution in [0.2, 0.25) is 0 Å². The first-order valence-corrected chi connectivity index (χ1v) is 8.33. The molecule has 0 spiro atoms. The van der Waals surface area contributed by atoms with Gasteiger partial charge in [0, 0.05) is 25.4 Å². The Kier molecular flexibility index (Phi) is 4.37. The van der Waals surface area contributed by atoms with Crippen LogP contribution < -0.4 is 0 Å². The molecule has 0 unspecified atom stereocenters. The highest BCUT2D eigenvalue weighted by molar-refractivity contribution is 5.99. The maximum atomic E-state index is 13.9. The molecule has 0 saturated heterocycles. The van der Waals surface area contributed by atoms with E-state index >= 15 is 0 Å². The van der Waals surface area contributed by atoms with Crippen LogP contribution in [0.3, 0.4) is 0 Å². The third-order valence-corrected chi connectivity index (χ3v) is 5.20. The van der Waals surface area contributed by atoms with E-state index in [0.717, 1.165) is 25.7 Å². The molecule has 23 heavy (non-hydrogen) atoms. The molecule has 1 aromatic carbocycles. The minimum absolute atomic E-state index is 0.0137. The number of hydrogen-bond donors (Lipinski definition) is 1. The fraction of sp³-hybridized carbons (Fsp3) is 0.556. The van der Waals surface area contributed by atoms with Crippen molar-refractivity contribution >= 4 is 11.7 Å². The van der Waals surface area contributed by atoms with Gasteiger partial charge in [-0.2, -0.15) is 0 Å². The predicted octanol–water partition coefficient (Wildman–Crippen LogP) is 3.27. The number of phenolic OH excluding ortho intramolecular Hbond substituents is 1. The lowest BCUT2D eigenvalue weighted by atomic mass is 9.79. The first-order valence-electron chi connectivity index (χ1n) is 8.33. The largest absolute Gasteiger partial charge is 0.505 e. The lowest BCUT2D eigenvalue weighted by Gasteiger charge is -2.30.